The van der Waals surface area contributed by atoms with Gasteiger partial charge in [0, 0.05) is 25.7 Å². The predicted molar refractivity (Wildman–Crippen MR) is 80.7 cm³/mol. The first-order valence-electron chi connectivity index (χ1n) is 7.78. The summed E-state index contributed by atoms with van der Waals surface area (Å²) in [6, 6.07) is -0.161. The quantitative estimate of drug-likeness (QED) is 0.755. The van der Waals surface area contributed by atoms with Crippen molar-refractivity contribution in [2.45, 2.75) is 32.2 Å². The molecular weight excluding hydrogens is 292 g/mol. The van der Waals surface area contributed by atoms with E-state index in [-0.39, 0.29) is 36.0 Å². The summed E-state index contributed by atoms with van der Waals surface area (Å²) in [4.78, 5) is 16.3. The van der Waals surface area contributed by atoms with Crippen molar-refractivity contribution < 1.29 is 18.3 Å². The first-order valence-corrected chi connectivity index (χ1v) is 9.60. The van der Waals surface area contributed by atoms with Crippen LogP contribution in [0.1, 0.15) is 26.2 Å². The molecule has 0 bridgehead atoms. The minimum atomic E-state index is -2.97. The Balaban J connectivity index is 1.91. The van der Waals surface area contributed by atoms with Gasteiger partial charge in [-0.25, -0.2) is 8.42 Å². The molecule has 0 aromatic heterocycles. The molecule has 2 aliphatic rings. The SMILES string of the molecule is CCN(C(=O)CN1CCCC(CO)C1)C1CCS(=O)(=O)C1. The van der Waals surface area contributed by atoms with Crippen molar-refractivity contribution in [1.29, 1.82) is 0 Å². The average molecular weight is 318 g/mol. The van der Waals surface area contributed by atoms with Crippen molar-refractivity contribution in [3.05, 3.63) is 0 Å². The summed E-state index contributed by atoms with van der Waals surface area (Å²) in [5.41, 5.74) is 0. The number of likely N-dealkylation sites (tertiary alicyclic amines) is 1. The van der Waals surface area contributed by atoms with E-state index >= 15 is 0 Å². The van der Waals surface area contributed by atoms with Crippen LogP contribution in [-0.4, -0.2) is 79.6 Å². The Morgan fingerprint density at radius 3 is 2.71 bits per heavy atom. The molecule has 2 fully saturated rings. The zero-order chi connectivity index (χ0) is 15.5. The van der Waals surface area contributed by atoms with Crippen molar-refractivity contribution in [1.82, 2.24) is 9.80 Å². The normalized spacial score (nSPS) is 29.4. The van der Waals surface area contributed by atoms with Crippen LogP contribution >= 0.6 is 0 Å². The number of carbonyl (C=O) groups excluding carboxylic acids is 1. The van der Waals surface area contributed by atoms with E-state index in [4.69, 9.17) is 0 Å². The highest BCUT2D eigenvalue weighted by atomic mass is 32.2. The maximum absolute atomic E-state index is 12.5. The van der Waals surface area contributed by atoms with Crippen LogP contribution in [-0.2, 0) is 14.6 Å². The van der Waals surface area contributed by atoms with E-state index in [0.717, 1.165) is 25.9 Å². The lowest BCUT2D eigenvalue weighted by atomic mass is 9.99. The van der Waals surface area contributed by atoms with Gasteiger partial charge in [-0.15, -0.1) is 0 Å². The highest BCUT2D eigenvalue weighted by Crippen LogP contribution is 2.19. The summed E-state index contributed by atoms with van der Waals surface area (Å²) in [6.45, 7) is 4.58. The maximum atomic E-state index is 12.5. The second kappa shape index (κ2) is 7.07. The molecule has 2 heterocycles. The summed E-state index contributed by atoms with van der Waals surface area (Å²) in [6.07, 6.45) is 2.57. The first kappa shape index (κ1) is 16.7. The molecule has 122 valence electrons. The largest absolute Gasteiger partial charge is 0.396 e. The summed E-state index contributed by atoms with van der Waals surface area (Å²) < 4.78 is 23.2. The van der Waals surface area contributed by atoms with Gasteiger partial charge in [-0.3, -0.25) is 9.69 Å². The number of aliphatic hydroxyl groups excluding tert-OH is 1. The third-order valence-electron chi connectivity index (χ3n) is 4.53. The van der Waals surface area contributed by atoms with Crippen molar-refractivity contribution in [2.75, 3.05) is 44.3 Å². The molecular formula is C14H26N2O4S. The van der Waals surface area contributed by atoms with E-state index in [0.29, 0.717) is 19.5 Å². The highest BCUT2D eigenvalue weighted by molar-refractivity contribution is 7.91. The molecule has 21 heavy (non-hydrogen) atoms. The number of amides is 1. The van der Waals surface area contributed by atoms with E-state index in [2.05, 4.69) is 4.90 Å². The second-order valence-electron chi connectivity index (χ2n) is 6.16. The fourth-order valence-corrected chi connectivity index (χ4v) is 5.12. The molecule has 2 atom stereocenters. The topological polar surface area (TPSA) is 77.9 Å². The van der Waals surface area contributed by atoms with E-state index in [1.54, 1.807) is 4.90 Å². The Bertz CT molecular complexity index is 466. The minimum absolute atomic E-state index is 0.0122. The second-order valence-corrected chi connectivity index (χ2v) is 8.39. The van der Waals surface area contributed by atoms with Gasteiger partial charge in [-0.05, 0) is 38.6 Å². The Kier molecular flexibility index (Phi) is 5.62. The number of carbonyl (C=O) groups is 1. The fourth-order valence-electron chi connectivity index (χ4n) is 3.39. The van der Waals surface area contributed by atoms with Crippen LogP contribution in [0.15, 0.2) is 0 Å². The molecule has 0 spiro atoms. The van der Waals surface area contributed by atoms with E-state index < -0.39 is 9.84 Å². The van der Waals surface area contributed by atoms with Crippen LogP contribution in [0, 0.1) is 5.92 Å². The zero-order valence-electron chi connectivity index (χ0n) is 12.7. The first-order chi connectivity index (χ1) is 9.95. The van der Waals surface area contributed by atoms with Crippen LogP contribution in [0.5, 0.6) is 0 Å². The molecule has 0 radical (unpaired) electrons. The molecule has 6 nitrogen and oxygen atoms in total. The van der Waals surface area contributed by atoms with Gasteiger partial charge in [-0.1, -0.05) is 0 Å². The lowest BCUT2D eigenvalue weighted by Crippen LogP contribution is -2.48. The third-order valence-corrected chi connectivity index (χ3v) is 6.28. The predicted octanol–water partition coefficient (Wildman–Crippen LogP) is -0.274. The van der Waals surface area contributed by atoms with Crippen LogP contribution < -0.4 is 0 Å². The van der Waals surface area contributed by atoms with E-state index in [1.807, 2.05) is 6.92 Å². The number of hydrogen-bond acceptors (Lipinski definition) is 5. The van der Waals surface area contributed by atoms with Crippen molar-refractivity contribution >= 4 is 15.7 Å². The minimum Gasteiger partial charge on any atom is -0.396 e. The Hall–Kier alpha value is -0.660. The van der Waals surface area contributed by atoms with Gasteiger partial charge >= 0.3 is 0 Å². The highest BCUT2D eigenvalue weighted by Gasteiger charge is 2.34. The van der Waals surface area contributed by atoms with Gasteiger partial charge in [-0.2, -0.15) is 0 Å². The lowest BCUT2D eigenvalue weighted by molar-refractivity contribution is -0.134. The van der Waals surface area contributed by atoms with Gasteiger partial charge < -0.3 is 10.0 Å². The number of hydrogen-bond donors (Lipinski definition) is 1. The third kappa shape index (κ3) is 4.40. The maximum Gasteiger partial charge on any atom is 0.237 e. The monoisotopic (exact) mass is 318 g/mol. The van der Waals surface area contributed by atoms with Crippen LogP contribution in [0.3, 0.4) is 0 Å². The molecule has 0 aliphatic carbocycles. The molecule has 0 aromatic carbocycles. The van der Waals surface area contributed by atoms with Gasteiger partial charge in [0.2, 0.25) is 5.91 Å². The molecule has 2 unspecified atom stereocenters. The number of nitrogens with zero attached hydrogens (tertiary/aromatic N) is 2. The van der Waals surface area contributed by atoms with Crippen LogP contribution in [0.2, 0.25) is 0 Å². The van der Waals surface area contributed by atoms with Gasteiger partial charge in [0.1, 0.15) is 0 Å². The number of sulfone groups is 1. The Morgan fingerprint density at radius 2 is 2.14 bits per heavy atom. The standard InChI is InChI=1S/C14H26N2O4S/c1-2-16(13-5-7-21(19,20)11-13)14(18)9-15-6-3-4-12(8-15)10-17/h12-13,17H,2-11H2,1H3. The van der Waals surface area contributed by atoms with Crippen molar-refractivity contribution in [3.8, 4) is 0 Å². The molecule has 1 amide bonds. The average Bonchev–Trinajstić information content (AvgIpc) is 2.80. The molecule has 7 heteroatoms. The molecule has 0 saturated carbocycles. The van der Waals surface area contributed by atoms with E-state index in [1.165, 1.54) is 0 Å². The van der Waals surface area contributed by atoms with Crippen LogP contribution in [0.25, 0.3) is 0 Å². The molecule has 1 N–H and O–H groups in total. The van der Waals surface area contributed by atoms with Crippen molar-refractivity contribution in [2.24, 2.45) is 5.92 Å². The number of likely N-dealkylation sites (N-methyl/N-ethyl adjacent to an activating group) is 1. The van der Waals surface area contributed by atoms with Gasteiger partial charge in [0.15, 0.2) is 9.84 Å². The lowest BCUT2D eigenvalue weighted by Gasteiger charge is -2.34. The summed E-state index contributed by atoms with van der Waals surface area (Å²) in [7, 11) is -2.97. The summed E-state index contributed by atoms with van der Waals surface area (Å²) in [5.74, 6) is 0.565. The van der Waals surface area contributed by atoms with Gasteiger partial charge in [0.25, 0.3) is 0 Å². The van der Waals surface area contributed by atoms with Crippen molar-refractivity contribution in [3.63, 3.8) is 0 Å². The Labute approximate surface area is 127 Å². The molecule has 0 aromatic rings. The van der Waals surface area contributed by atoms with Gasteiger partial charge in [0.05, 0.1) is 18.1 Å². The van der Waals surface area contributed by atoms with Crippen LogP contribution in [0.4, 0.5) is 0 Å². The zero-order valence-corrected chi connectivity index (χ0v) is 13.5. The molecule has 2 aliphatic heterocycles. The number of rotatable bonds is 5. The molecule has 2 rings (SSSR count). The smallest absolute Gasteiger partial charge is 0.237 e. The number of piperidine rings is 1. The summed E-state index contributed by atoms with van der Waals surface area (Å²) in [5, 5.41) is 9.24. The Morgan fingerprint density at radius 1 is 1.38 bits per heavy atom. The van der Waals surface area contributed by atoms with E-state index in [9.17, 15) is 18.3 Å². The summed E-state index contributed by atoms with van der Waals surface area (Å²) >= 11 is 0. The number of aliphatic hydroxyl groups is 1. The fraction of sp³-hybridized carbons (Fsp3) is 0.929. The molecule has 2 saturated heterocycles.